The maximum absolute atomic E-state index is 14.9. The largest absolute Gasteiger partial charge is 0.444 e. The molecule has 1 atom stereocenters. The molecule has 1 aromatic carbocycles. The molecule has 1 N–H and O–H groups in total. The van der Waals surface area contributed by atoms with E-state index in [4.69, 9.17) is 9.47 Å². The monoisotopic (exact) mass is 472 g/mol. The molecule has 0 unspecified atom stereocenters. The van der Waals surface area contributed by atoms with Crippen molar-refractivity contribution >= 4 is 33.6 Å². The van der Waals surface area contributed by atoms with E-state index in [-0.39, 0.29) is 19.2 Å². The Kier molecular flexibility index (Phi) is 6.84. The molecule has 2 heterocycles. The van der Waals surface area contributed by atoms with E-state index in [1.54, 1.807) is 37.8 Å². The zero-order chi connectivity index (χ0) is 23.7. The highest BCUT2D eigenvalue weighted by Gasteiger charge is 2.33. The SMILES string of the molecule is CC(C)(C)OC(=O)N1CCN(c2ccc(N3C[C@H](CNS(C)(=O)=O)OC3=O)cc2F)CC1. The summed E-state index contributed by atoms with van der Waals surface area (Å²) in [6.45, 7) is 7.17. The number of halogens is 1. The smallest absolute Gasteiger partial charge is 0.414 e. The van der Waals surface area contributed by atoms with Gasteiger partial charge in [0.1, 0.15) is 17.5 Å². The molecule has 1 aromatic rings. The number of nitrogens with zero attached hydrogens (tertiary/aromatic N) is 3. The highest BCUT2D eigenvalue weighted by atomic mass is 32.2. The average molecular weight is 473 g/mol. The first-order valence-electron chi connectivity index (χ1n) is 10.3. The number of benzene rings is 1. The molecule has 178 valence electrons. The molecule has 32 heavy (non-hydrogen) atoms. The van der Waals surface area contributed by atoms with Crippen molar-refractivity contribution in [1.29, 1.82) is 0 Å². The summed E-state index contributed by atoms with van der Waals surface area (Å²) in [5.74, 6) is -0.501. The summed E-state index contributed by atoms with van der Waals surface area (Å²) in [5.41, 5.74) is 0.123. The van der Waals surface area contributed by atoms with E-state index in [0.717, 1.165) is 6.26 Å². The number of piperazine rings is 1. The van der Waals surface area contributed by atoms with Gasteiger partial charge in [0.05, 0.1) is 24.2 Å². The first-order chi connectivity index (χ1) is 14.8. The first-order valence-corrected chi connectivity index (χ1v) is 12.2. The number of nitrogens with one attached hydrogen (secondary N) is 1. The molecule has 0 radical (unpaired) electrons. The topological polar surface area (TPSA) is 108 Å². The number of carbonyl (C=O) groups is 2. The molecule has 0 aliphatic carbocycles. The second-order valence-corrected chi connectivity index (χ2v) is 10.7. The molecule has 2 amide bonds. The van der Waals surface area contributed by atoms with Crippen LogP contribution in [0.2, 0.25) is 0 Å². The lowest BCUT2D eigenvalue weighted by Crippen LogP contribution is -2.50. The number of amides is 2. The molecule has 12 heteroatoms. The van der Waals surface area contributed by atoms with Crippen molar-refractivity contribution in [2.24, 2.45) is 0 Å². The Morgan fingerprint density at radius 3 is 2.47 bits per heavy atom. The Hall–Kier alpha value is -2.60. The second-order valence-electron chi connectivity index (χ2n) is 8.83. The molecule has 3 rings (SSSR count). The molecule has 10 nitrogen and oxygen atoms in total. The fourth-order valence-electron chi connectivity index (χ4n) is 3.46. The van der Waals surface area contributed by atoms with Crippen molar-refractivity contribution in [3.8, 4) is 0 Å². The fraction of sp³-hybridized carbons (Fsp3) is 0.600. The summed E-state index contributed by atoms with van der Waals surface area (Å²) in [5, 5.41) is 0. The number of hydrogen-bond acceptors (Lipinski definition) is 7. The summed E-state index contributed by atoms with van der Waals surface area (Å²) < 4.78 is 50.2. The van der Waals surface area contributed by atoms with Gasteiger partial charge in [-0.3, -0.25) is 4.90 Å². The number of rotatable bonds is 5. The fourth-order valence-corrected chi connectivity index (χ4v) is 3.95. The van der Waals surface area contributed by atoms with E-state index < -0.39 is 33.6 Å². The van der Waals surface area contributed by atoms with Crippen LogP contribution in [0.4, 0.5) is 25.4 Å². The van der Waals surface area contributed by atoms with Gasteiger partial charge in [0.15, 0.2) is 0 Å². The standard InChI is InChI=1S/C20H29FN4O6S/c1-20(2,3)31-18(26)24-9-7-23(8-10-24)17-6-5-14(11-16(17)21)25-13-15(30-19(25)27)12-22-32(4,28)29/h5-6,11,15,22H,7-10,12-13H2,1-4H3/t15-/m0/s1. The first kappa shape index (κ1) is 24.1. The average Bonchev–Trinajstić information content (AvgIpc) is 3.05. The summed E-state index contributed by atoms with van der Waals surface area (Å²) in [6.07, 6.45) is -0.701. The number of sulfonamides is 1. The molecule has 2 saturated heterocycles. The Morgan fingerprint density at radius 1 is 1.25 bits per heavy atom. The van der Waals surface area contributed by atoms with Gasteiger partial charge in [0, 0.05) is 32.7 Å². The van der Waals surface area contributed by atoms with Gasteiger partial charge >= 0.3 is 12.2 Å². The van der Waals surface area contributed by atoms with Crippen LogP contribution in [0, 0.1) is 5.82 Å². The Morgan fingerprint density at radius 2 is 1.91 bits per heavy atom. The predicted octanol–water partition coefficient (Wildman–Crippen LogP) is 1.76. The van der Waals surface area contributed by atoms with Crippen molar-refractivity contribution in [1.82, 2.24) is 9.62 Å². The van der Waals surface area contributed by atoms with E-state index in [0.29, 0.717) is 37.6 Å². The van der Waals surface area contributed by atoms with Crippen LogP contribution in [0.1, 0.15) is 20.8 Å². The molecule has 2 aliphatic rings. The maximum Gasteiger partial charge on any atom is 0.414 e. The van der Waals surface area contributed by atoms with Gasteiger partial charge < -0.3 is 19.3 Å². The third kappa shape index (κ3) is 6.22. The number of carbonyl (C=O) groups excluding carboxylic acids is 2. The quantitative estimate of drug-likeness (QED) is 0.696. The highest BCUT2D eigenvalue weighted by Crippen LogP contribution is 2.28. The van der Waals surface area contributed by atoms with Gasteiger partial charge in [-0.05, 0) is 39.0 Å². The molecule has 0 saturated carbocycles. The summed E-state index contributed by atoms with van der Waals surface area (Å²) in [7, 11) is -3.41. The van der Waals surface area contributed by atoms with Gasteiger partial charge in [-0.15, -0.1) is 0 Å². The van der Waals surface area contributed by atoms with Gasteiger partial charge in [-0.25, -0.2) is 27.1 Å². The minimum atomic E-state index is -3.41. The van der Waals surface area contributed by atoms with Crippen LogP contribution < -0.4 is 14.5 Å². The summed E-state index contributed by atoms with van der Waals surface area (Å²) in [4.78, 5) is 29.0. The maximum atomic E-state index is 14.9. The Balaban J connectivity index is 1.60. The van der Waals surface area contributed by atoms with Crippen LogP contribution in [-0.4, -0.2) is 82.7 Å². The van der Waals surface area contributed by atoms with Crippen molar-refractivity contribution < 1.29 is 31.9 Å². The van der Waals surface area contributed by atoms with Crippen molar-refractivity contribution in [2.45, 2.75) is 32.5 Å². The lowest BCUT2D eigenvalue weighted by molar-refractivity contribution is 0.0240. The van der Waals surface area contributed by atoms with Gasteiger partial charge in [-0.2, -0.15) is 0 Å². The molecule has 0 bridgehead atoms. The number of anilines is 2. The minimum absolute atomic E-state index is 0.0520. The van der Waals surface area contributed by atoms with Crippen LogP contribution in [0.25, 0.3) is 0 Å². The van der Waals surface area contributed by atoms with Gasteiger partial charge in [0.2, 0.25) is 10.0 Å². The second kappa shape index (κ2) is 9.10. The van der Waals surface area contributed by atoms with Crippen LogP contribution in [0.15, 0.2) is 18.2 Å². The number of ether oxygens (including phenoxy) is 2. The van der Waals surface area contributed by atoms with Crippen molar-refractivity contribution in [3.63, 3.8) is 0 Å². The van der Waals surface area contributed by atoms with Crippen molar-refractivity contribution in [3.05, 3.63) is 24.0 Å². The van der Waals surface area contributed by atoms with E-state index in [1.807, 2.05) is 4.90 Å². The molecular weight excluding hydrogens is 443 g/mol. The molecule has 0 spiro atoms. The van der Waals surface area contributed by atoms with Crippen LogP contribution in [0.5, 0.6) is 0 Å². The van der Waals surface area contributed by atoms with E-state index >= 15 is 0 Å². The zero-order valence-electron chi connectivity index (χ0n) is 18.6. The predicted molar refractivity (Wildman–Crippen MR) is 117 cm³/mol. The molecular formula is C20H29FN4O6S. The Bertz CT molecular complexity index is 973. The third-order valence-electron chi connectivity index (χ3n) is 4.96. The normalized spacial score (nSPS) is 19.8. The molecule has 2 fully saturated rings. The minimum Gasteiger partial charge on any atom is -0.444 e. The summed E-state index contributed by atoms with van der Waals surface area (Å²) in [6, 6.07) is 4.46. The molecule has 0 aromatic heterocycles. The van der Waals surface area contributed by atoms with E-state index in [1.165, 1.54) is 11.0 Å². The van der Waals surface area contributed by atoms with Crippen LogP contribution in [-0.2, 0) is 19.5 Å². The number of cyclic esters (lactones) is 1. The lowest BCUT2D eigenvalue weighted by Gasteiger charge is -2.37. The molecule has 2 aliphatic heterocycles. The van der Waals surface area contributed by atoms with Crippen molar-refractivity contribution in [2.75, 3.05) is 55.3 Å². The van der Waals surface area contributed by atoms with Gasteiger partial charge in [-0.1, -0.05) is 0 Å². The lowest BCUT2D eigenvalue weighted by atomic mass is 10.2. The third-order valence-corrected chi connectivity index (χ3v) is 5.65. The summed E-state index contributed by atoms with van der Waals surface area (Å²) >= 11 is 0. The van der Waals surface area contributed by atoms with E-state index in [9.17, 15) is 22.4 Å². The van der Waals surface area contributed by atoms with E-state index in [2.05, 4.69) is 4.72 Å². The zero-order valence-corrected chi connectivity index (χ0v) is 19.4. The van der Waals surface area contributed by atoms with Crippen LogP contribution >= 0.6 is 0 Å². The highest BCUT2D eigenvalue weighted by molar-refractivity contribution is 7.88. The van der Waals surface area contributed by atoms with Gasteiger partial charge in [0.25, 0.3) is 0 Å². The Labute approximate surface area is 187 Å². The number of hydrogen-bond donors (Lipinski definition) is 1. The van der Waals surface area contributed by atoms with Crippen LogP contribution in [0.3, 0.4) is 0 Å².